The van der Waals surface area contributed by atoms with E-state index < -0.39 is 17.7 Å². The fourth-order valence-corrected chi connectivity index (χ4v) is 3.77. The summed E-state index contributed by atoms with van der Waals surface area (Å²) in [6, 6.07) is 8.46. The first-order valence-corrected chi connectivity index (χ1v) is 11.6. The summed E-state index contributed by atoms with van der Waals surface area (Å²) in [6.07, 6.45) is 1.62. The highest BCUT2D eigenvalue weighted by Gasteiger charge is 2.34. The Morgan fingerprint density at radius 1 is 1.30 bits per heavy atom. The van der Waals surface area contributed by atoms with Gasteiger partial charge >= 0.3 is 0 Å². The number of hydrogen-bond donors (Lipinski definition) is 3. The van der Waals surface area contributed by atoms with Gasteiger partial charge in [-0.15, -0.1) is 0 Å². The molecule has 1 saturated heterocycles. The number of carbonyl (C=O) groups is 3. The van der Waals surface area contributed by atoms with Crippen LogP contribution in [0.2, 0.25) is 0 Å². The number of nitrogens with one attached hydrogen (secondary N) is 3. The van der Waals surface area contributed by atoms with Crippen LogP contribution in [0.5, 0.6) is 5.75 Å². The van der Waals surface area contributed by atoms with Crippen LogP contribution in [0, 0.1) is 11.8 Å². The molecule has 0 bridgehead atoms. The standard InChI is InChI=1S/C22H25BrN4O5S/c1-13(2)12-32-18-6-5-14(8-17(18)23)20(29)24-22(33)26-25-21(30)15-9-19(28)27(10-15)11-16-4-3-7-31-16/h3-8,13,15H,9-12H2,1-2H3,(H,25,30)(H2,24,26,29,33). The Morgan fingerprint density at radius 3 is 2.76 bits per heavy atom. The number of nitrogens with zero attached hydrogens (tertiary/aromatic N) is 1. The Labute approximate surface area is 205 Å². The van der Waals surface area contributed by atoms with Crippen molar-refractivity contribution >= 4 is 51.0 Å². The van der Waals surface area contributed by atoms with E-state index in [0.717, 1.165) is 0 Å². The second kappa shape index (κ2) is 11.3. The third-order valence-corrected chi connectivity index (χ3v) is 5.63. The molecule has 0 aliphatic carbocycles. The van der Waals surface area contributed by atoms with Crippen molar-refractivity contribution in [3.05, 3.63) is 52.4 Å². The Balaban J connectivity index is 1.45. The minimum Gasteiger partial charge on any atom is -0.492 e. The number of hydrogen-bond acceptors (Lipinski definition) is 6. The SMILES string of the molecule is CC(C)COc1ccc(C(=O)NC(=S)NNC(=O)C2CC(=O)N(Cc3ccco3)C2)cc1Br. The van der Waals surface area contributed by atoms with E-state index in [9.17, 15) is 14.4 Å². The largest absolute Gasteiger partial charge is 0.492 e. The van der Waals surface area contributed by atoms with Gasteiger partial charge in [-0.25, -0.2) is 0 Å². The van der Waals surface area contributed by atoms with Gasteiger partial charge in [-0.1, -0.05) is 13.8 Å². The predicted molar refractivity (Wildman–Crippen MR) is 128 cm³/mol. The highest BCUT2D eigenvalue weighted by molar-refractivity contribution is 9.10. The minimum absolute atomic E-state index is 0.0682. The zero-order valence-electron chi connectivity index (χ0n) is 18.2. The number of ether oxygens (including phenoxy) is 1. The van der Waals surface area contributed by atoms with E-state index in [1.54, 1.807) is 35.2 Å². The van der Waals surface area contributed by atoms with Crippen molar-refractivity contribution in [2.75, 3.05) is 13.2 Å². The first kappa shape index (κ1) is 24.7. The molecular formula is C22H25BrN4O5S. The van der Waals surface area contributed by atoms with Gasteiger partial charge in [0.1, 0.15) is 11.5 Å². The lowest BCUT2D eigenvalue weighted by Gasteiger charge is -2.16. The molecular weight excluding hydrogens is 512 g/mol. The number of halogens is 1. The van der Waals surface area contributed by atoms with Gasteiger partial charge in [0.2, 0.25) is 11.8 Å². The molecule has 2 heterocycles. The summed E-state index contributed by atoms with van der Waals surface area (Å²) in [5.41, 5.74) is 5.33. The molecule has 1 aromatic carbocycles. The van der Waals surface area contributed by atoms with Crippen molar-refractivity contribution in [3.8, 4) is 5.75 Å². The lowest BCUT2D eigenvalue weighted by molar-refractivity contribution is -0.129. The Morgan fingerprint density at radius 2 is 2.09 bits per heavy atom. The van der Waals surface area contributed by atoms with Crippen molar-refractivity contribution in [1.29, 1.82) is 0 Å². The molecule has 176 valence electrons. The number of carbonyl (C=O) groups excluding carboxylic acids is 3. The highest BCUT2D eigenvalue weighted by Crippen LogP contribution is 2.26. The molecule has 2 aromatic rings. The van der Waals surface area contributed by atoms with Crippen molar-refractivity contribution in [2.45, 2.75) is 26.8 Å². The summed E-state index contributed by atoms with van der Waals surface area (Å²) in [5.74, 6) is 0.161. The van der Waals surface area contributed by atoms with Gasteiger partial charge < -0.3 is 14.1 Å². The van der Waals surface area contributed by atoms with Crippen molar-refractivity contribution in [2.24, 2.45) is 11.8 Å². The Bertz CT molecular complexity index is 1030. The van der Waals surface area contributed by atoms with Crippen molar-refractivity contribution in [1.82, 2.24) is 21.1 Å². The molecule has 11 heteroatoms. The third-order valence-electron chi connectivity index (χ3n) is 4.80. The second-order valence-corrected chi connectivity index (χ2v) is 9.26. The lowest BCUT2D eigenvalue weighted by Crippen LogP contribution is -2.50. The minimum atomic E-state index is -0.534. The van der Waals surface area contributed by atoms with Crippen LogP contribution in [0.1, 0.15) is 36.4 Å². The van der Waals surface area contributed by atoms with Crippen LogP contribution < -0.4 is 20.9 Å². The highest BCUT2D eigenvalue weighted by atomic mass is 79.9. The molecule has 3 N–H and O–H groups in total. The summed E-state index contributed by atoms with van der Waals surface area (Å²) in [6.45, 7) is 5.23. The van der Waals surface area contributed by atoms with Crippen LogP contribution in [0.4, 0.5) is 0 Å². The van der Waals surface area contributed by atoms with Crippen molar-refractivity contribution < 1.29 is 23.5 Å². The van der Waals surface area contributed by atoms with Gasteiger partial charge in [0, 0.05) is 18.5 Å². The molecule has 1 unspecified atom stereocenters. The van der Waals surface area contributed by atoms with Crippen molar-refractivity contribution in [3.63, 3.8) is 0 Å². The first-order valence-electron chi connectivity index (χ1n) is 10.4. The summed E-state index contributed by atoms with van der Waals surface area (Å²) in [5, 5.41) is 2.43. The van der Waals surface area contributed by atoms with Crippen LogP contribution >= 0.6 is 28.1 Å². The zero-order chi connectivity index (χ0) is 24.0. The molecule has 3 rings (SSSR count). The van der Waals surface area contributed by atoms with Gasteiger partial charge in [-0.2, -0.15) is 0 Å². The van der Waals surface area contributed by atoms with Crippen LogP contribution in [0.25, 0.3) is 0 Å². The van der Waals surface area contributed by atoms with E-state index in [1.165, 1.54) is 6.26 Å². The smallest absolute Gasteiger partial charge is 0.257 e. The fourth-order valence-electron chi connectivity index (χ4n) is 3.13. The quantitative estimate of drug-likeness (QED) is 0.368. The van der Waals surface area contributed by atoms with E-state index in [-0.39, 0.29) is 24.0 Å². The predicted octanol–water partition coefficient (Wildman–Crippen LogP) is 2.76. The molecule has 1 aromatic heterocycles. The molecule has 1 aliphatic rings. The van der Waals surface area contributed by atoms with Crippen LogP contribution in [-0.4, -0.2) is 40.9 Å². The molecule has 33 heavy (non-hydrogen) atoms. The lowest BCUT2D eigenvalue weighted by atomic mass is 10.1. The first-order chi connectivity index (χ1) is 15.7. The van der Waals surface area contributed by atoms with Gasteiger partial charge in [-0.3, -0.25) is 30.6 Å². The van der Waals surface area contributed by atoms with Gasteiger partial charge in [0.05, 0.1) is 29.8 Å². The maximum Gasteiger partial charge on any atom is 0.257 e. The normalized spacial score (nSPS) is 15.5. The molecule has 9 nitrogen and oxygen atoms in total. The van der Waals surface area contributed by atoms with Gasteiger partial charge in [0.25, 0.3) is 5.91 Å². The summed E-state index contributed by atoms with van der Waals surface area (Å²) in [4.78, 5) is 38.6. The Kier molecular flexibility index (Phi) is 8.45. The number of amides is 3. The molecule has 0 saturated carbocycles. The number of benzene rings is 1. The van der Waals surface area contributed by atoms with Crippen LogP contribution in [0.15, 0.2) is 45.5 Å². The summed E-state index contributed by atoms with van der Waals surface area (Å²) >= 11 is 8.49. The average molecular weight is 537 g/mol. The van der Waals surface area contributed by atoms with E-state index in [0.29, 0.717) is 40.6 Å². The number of thiocarbonyl (C=S) groups is 1. The van der Waals surface area contributed by atoms with E-state index in [4.69, 9.17) is 21.4 Å². The molecule has 1 fully saturated rings. The van der Waals surface area contributed by atoms with E-state index in [1.807, 2.05) is 13.8 Å². The molecule has 0 radical (unpaired) electrons. The Hall–Kier alpha value is -2.92. The average Bonchev–Trinajstić information content (AvgIpc) is 3.41. The van der Waals surface area contributed by atoms with E-state index >= 15 is 0 Å². The molecule has 1 aliphatic heterocycles. The zero-order valence-corrected chi connectivity index (χ0v) is 20.6. The second-order valence-electron chi connectivity index (χ2n) is 8.00. The number of likely N-dealkylation sites (tertiary alicyclic amines) is 1. The van der Waals surface area contributed by atoms with Gasteiger partial charge in [0.15, 0.2) is 5.11 Å². The van der Waals surface area contributed by atoms with Crippen LogP contribution in [0.3, 0.4) is 0 Å². The molecule has 0 spiro atoms. The monoisotopic (exact) mass is 536 g/mol. The fraction of sp³-hybridized carbons (Fsp3) is 0.364. The third kappa shape index (κ3) is 7.03. The maximum atomic E-state index is 12.4. The summed E-state index contributed by atoms with van der Waals surface area (Å²) in [7, 11) is 0. The topological polar surface area (TPSA) is 113 Å². The van der Waals surface area contributed by atoms with Gasteiger partial charge in [-0.05, 0) is 64.4 Å². The summed E-state index contributed by atoms with van der Waals surface area (Å²) < 4.78 is 11.6. The number of hydrazine groups is 1. The van der Waals surface area contributed by atoms with Crippen LogP contribution in [-0.2, 0) is 16.1 Å². The van der Waals surface area contributed by atoms with E-state index in [2.05, 4.69) is 32.1 Å². The number of furan rings is 1. The number of rotatable bonds is 7. The molecule has 3 amide bonds. The molecule has 1 atom stereocenters. The maximum absolute atomic E-state index is 12.4.